The van der Waals surface area contributed by atoms with Gasteiger partial charge >= 0.3 is 5.69 Å². The van der Waals surface area contributed by atoms with Crippen LogP contribution in [0.15, 0.2) is 30.6 Å². The second kappa shape index (κ2) is 6.85. The smallest absolute Gasteiger partial charge is 0.348 e. The molecular weight excluding hydrogens is 296 g/mol. The van der Waals surface area contributed by atoms with Crippen molar-refractivity contribution < 1.29 is 9.66 Å². The van der Waals surface area contributed by atoms with Crippen LogP contribution in [-0.2, 0) is 6.42 Å². The quantitative estimate of drug-likeness (QED) is 0.501. The summed E-state index contributed by atoms with van der Waals surface area (Å²) in [6.07, 6.45) is 1.87. The SMILES string of the molecule is COc1ccc(CCNc2ncnc(Cl)c2[N+](=O)[O-])cc1. The summed E-state index contributed by atoms with van der Waals surface area (Å²) >= 11 is 5.71. The highest BCUT2D eigenvalue weighted by Gasteiger charge is 2.20. The summed E-state index contributed by atoms with van der Waals surface area (Å²) in [6, 6.07) is 7.59. The minimum Gasteiger partial charge on any atom is -0.497 e. The van der Waals surface area contributed by atoms with Crippen molar-refractivity contribution in [1.29, 1.82) is 0 Å². The number of nitrogens with one attached hydrogen (secondary N) is 1. The maximum atomic E-state index is 10.9. The first-order valence-electron chi connectivity index (χ1n) is 6.13. The summed E-state index contributed by atoms with van der Waals surface area (Å²) in [5, 5.41) is 13.7. The number of ether oxygens (including phenoxy) is 1. The van der Waals surface area contributed by atoms with E-state index in [2.05, 4.69) is 15.3 Å². The molecule has 21 heavy (non-hydrogen) atoms. The van der Waals surface area contributed by atoms with Crippen LogP contribution in [0.5, 0.6) is 5.75 Å². The maximum absolute atomic E-state index is 10.9. The van der Waals surface area contributed by atoms with Crippen molar-refractivity contribution in [3.8, 4) is 5.75 Å². The molecule has 1 aromatic heterocycles. The predicted molar refractivity (Wildman–Crippen MR) is 78.9 cm³/mol. The summed E-state index contributed by atoms with van der Waals surface area (Å²) in [7, 11) is 1.61. The molecule has 1 aromatic carbocycles. The highest BCUT2D eigenvalue weighted by atomic mass is 35.5. The van der Waals surface area contributed by atoms with Gasteiger partial charge in [0.15, 0.2) is 0 Å². The lowest BCUT2D eigenvalue weighted by Crippen LogP contribution is -2.09. The van der Waals surface area contributed by atoms with Gasteiger partial charge in [0.1, 0.15) is 12.1 Å². The third-order valence-electron chi connectivity index (χ3n) is 2.83. The molecule has 7 nitrogen and oxygen atoms in total. The molecule has 110 valence electrons. The van der Waals surface area contributed by atoms with E-state index in [-0.39, 0.29) is 16.7 Å². The molecule has 1 heterocycles. The molecule has 0 saturated heterocycles. The van der Waals surface area contributed by atoms with E-state index in [0.29, 0.717) is 13.0 Å². The zero-order chi connectivity index (χ0) is 15.2. The molecule has 0 bridgehead atoms. The van der Waals surface area contributed by atoms with Crippen LogP contribution in [0.4, 0.5) is 11.5 Å². The Kier molecular flexibility index (Phi) is 4.89. The lowest BCUT2D eigenvalue weighted by Gasteiger charge is -2.07. The summed E-state index contributed by atoms with van der Waals surface area (Å²) < 4.78 is 5.08. The molecule has 8 heteroatoms. The van der Waals surface area contributed by atoms with E-state index in [4.69, 9.17) is 16.3 Å². The Morgan fingerprint density at radius 2 is 2.05 bits per heavy atom. The van der Waals surface area contributed by atoms with E-state index in [9.17, 15) is 10.1 Å². The lowest BCUT2D eigenvalue weighted by molar-refractivity contribution is -0.384. The Morgan fingerprint density at radius 3 is 2.67 bits per heavy atom. The number of halogens is 1. The highest BCUT2D eigenvalue weighted by molar-refractivity contribution is 6.31. The number of benzene rings is 1. The van der Waals surface area contributed by atoms with E-state index in [1.54, 1.807) is 7.11 Å². The molecule has 0 atom stereocenters. The van der Waals surface area contributed by atoms with Crippen molar-refractivity contribution in [3.05, 3.63) is 51.4 Å². The fraction of sp³-hybridized carbons (Fsp3) is 0.231. The third-order valence-corrected chi connectivity index (χ3v) is 3.10. The average Bonchev–Trinajstić information content (AvgIpc) is 2.47. The minimum absolute atomic E-state index is 0.119. The van der Waals surface area contributed by atoms with E-state index < -0.39 is 4.92 Å². The fourth-order valence-corrected chi connectivity index (χ4v) is 1.97. The van der Waals surface area contributed by atoms with Gasteiger partial charge in [-0.05, 0) is 24.1 Å². The van der Waals surface area contributed by atoms with E-state index in [1.165, 1.54) is 6.33 Å². The standard InChI is InChI=1S/C13H13ClN4O3/c1-21-10-4-2-9(3-5-10)6-7-15-13-11(18(19)20)12(14)16-8-17-13/h2-5,8H,6-7H2,1H3,(H,15,16,17). The van der Waals surface area contributed by atoms with Crippen LogP contribution in [0.25, 0.3) is 0 Å². The minimum atomic E-state index is -0.599. The zero-order valence-electron chi connectivity index (χ0n) is 11.2. The van der Waals surface area contributed by atoms with Crippen molar-refractivity contribution in [3.63, 3.8) is 0 Å². The molecule has 0 spiro atoms. The lowest BCUT2D eigenvalue weighted by atomic mass is 10.1. The number of hydrogen-bond donors (Lipinski definition) is 1. The maximum Gasteiger partial charge on any atom is 0.348 e. The number of nitro groups is 1. The van der Waals surface area contributed by atoms with Crippen molar-refractivity contribution in [2.75, 3.05) is 19.0 Å². The van der Waals surface area contributed by atoms with Crippen molar-refractivity contribution in [1.82, 2.24) is 9.97 Å². The number of anilines is 1. The Labute approximate surface area is 126 Å². The van der Waals surface area contributed by atoms with Gasteiger partial charge in [0.05, 0.1) is 12.0 Å². The van der Waals surface area contributed by atoms with Gasteiger partial charge < -0.3 is 10.1 Å². The molecule has 0 fully saturated rings. The molecule has 0 aliphatic carbocycles. The topological polar surface area (TPSA) is 90.2 Å². The van der Waals surface area contributed by atoms with Gasteiger partial charge in [-0.25, -0.2) is 9.97 Å². The molecule has 0 aliphatic heterocycles. The van der Waals surface area contributed by atoms with Gasteiger partial charge in [0.2, 0.25) is 11.0 Å². The van der Waals surface area contributed by atoms with E-state index >= 15 is 0 Å². The van der Waals surface area contributed by atoms with Gasteiger partial charge in [-0.15, -0.1) is 0 Å². The molecule has 0 aliphatic rings. The number of aromatic nitrogens is 2. The largest absolute Gasteiger partial charge is 0.497 e. The van der Waals surface area contributed by atoms with Gasteiger partial charge in [-0.3, -0.25) is 10.1 Å². The third kappa shape index (κ3) is 3.79. The summed E-state index contributed by atoms with van der Waals surface area (Å²) in [5.74, 6) is 0.901. The molecule has 0 amide bonds. The first-order chi connectivity index (χ1) is 10.1. The molecule has 0 saturated carbocycles. The second-order valence-electron chi connectivity index (χ2n) is 4.14. The summed E-state index contributed by atoms with van der Waals surface area (Å²) in [6.45, 7) is 0.487. The fourth-order valence-electron chi connectivity index (χ4n) is 1.77. The van der Waals surface area contributed by atoms with Crippen LogP contribution < -0.4 is 10.1 Å². The van der Waals surface area contributed by atoms with Crippen LogP contribution in [-0.4, -0.2) is 28.5 Å². The molecule has 0 unspecified atom stereocenters. The number of rotatable bonds is 6. The Bertz CT molecular complexity index is 634. The van der Waals surface area contributed by atoms with Crippen LogP contribution >= 0.6 is 11.6 Å². The summed E-state index contributed by atoms with van der Waals surface area (Å²) in [5.41, 5.74) is 0.764. The van der Waals surface area contributed by atoms with Crippen LogP contribution in [0.2, 0.25) is 5.15 Å². The van der Waals surface area contributed by atoms with Gasteiger partial charge in [-0.1, -0.05) is 23.7 Å². The van der Waals surface area contributed by atoms with Crippen molar-refractivity contribution in [2.45, 2.75) is 6.42 Å². The van der Waals surface area contributed by atoms with Gasteiger partial charge in [0, 0.05) is 6.54 Å². The van der Waals surface area contributed by atoms with E-state index in [0.717, 1.165) is 11.3 Å². The van der Waals surface area contributed by atoms with E-state index in [1.807, 2.05) is 24.3 Å². The first kappa shape index (κ1) is 15.0. The molecule has 2 aromatic rings. The zero-order valence-corrected chi connectivity index (χ0v) is 12.0. The van der Waals surface area contributed by atoms with Crippen molar-refractivity contribution >= 4 is 23.1 Å². The number of methoxy groups -OCH3 is 1. The number of hydrogen-bond acceptors (Lipinski definition) is 6. The number of nitrogens with zero attached hydrogens (tertiary/aromatic N) is 3. The van der Waals surface area contributed by atoms with Gasteiger partial charge in [0.25, 0.3) is 0 Å². The summed E-state index contributed by atoms with van der Waals surface area (Å²) in [4.78, 5) is 17.8. The predicted octanol–water partition coefficient (Wildman–Crippen LogP) is 2.70. The normalized spacial score (nSPS) is 10.2. The first-order valence-corrected chi connectivity index (χ1v) is 6.51. The Hall–Kier alpha value is -2.41. The molecular formula is C13H13ClN4O3. The Balaban J connectivity index is 2.00. The van der Waals surface area contributed by atoms with Crippen LogP contribution in [0.1, 0.15) is 5.56 Å². The van der Waals surface area contributed by atoms with Crippen LogP contribution in [0, 0.1) is 10.1 Å². The van der Waals surface area contributed by atoms with Gasteiger partial charge in [-0.2, -0.15) is 0 Å². The van der Waals surface area contributed by atoms with Crippen molar-refractivity contribution in [2.24, 2.45) is 0 Å². The molecule has 2 rings (SSSR count). The highest BCUT2D eigenvalue weighted by Crippen LogP contribution is 2.28. The average molecular weight is 309 g/mol. The monoisotopic (exact) mass is 308 g/mol. The second-order valence-corrected chi connectivity index (χ2v) is 4.50. The molecule has 0 radical (unpaired) electrons. The van der Waals surface area contributed by atoms with Crippen LogP contribution in [0.3, 0.4) is 0 Å². The Morgan fingerprint density at radius 1 is 1.33 bits per heavy atom. The molecule has 1 N–H and O–H groups in total.